The highest BCUT2D eigenvalue weighted by Gasteiger charge is 2.32. The molecule has 3 amide bonds. The smallest absolute Gasteiger partial charge is 0.326 e. The quantitative estimate of drug-likeness (QED) is 0.0488. The molecule has 0 saturated heterocycles. The third-order valence-electron chi connectivity index (χ3n) is 7.03. The molecule has 0 aliphatic heterocycles. The predicted molar refractivity (Wildman–Crippen MR) is 167 cm³/mol. The van der Waals surface area contributed by atoms with Crippen LogP contribution in [0.25, 0.3) is 10.9 Å². The molecule has 0 aliphatic carbocycles. The summed E-state index contributed by atoms with van der Waals surface area (Å²) < 4.78 is 0. The van der Waals surface area contributed by atoms with Crippen LogP contribution in [0.2, 0.25) is 0 Å². The van der Waals surface area contributed by atoms with E-state index in [0.29, 0.717) is 5.56 Å². The molecule has 0 fully saturated rings. The number of hydrogen-bond acceptors (Lipinski definition) is 8. The molecule has 0 spiro atoms. The van der Waals surface area contributed by atoms with Gasteiger partial charge >= 0.3 is 11.9 Å². The molecule has 46 heavy (non-hydrogen) atoms. The highest BCUT2D eigenvalue weighted by molar-refractivity contribution is 5.96. The van der Waals surface area contributed by atoms with Gasteiger partial charge in [-0.25, -0.2) is 4.79 Å². The third-order valence-corrected chi connectivity index (χ3v) is 7.03. The number of benzene rings is 2. The van der Waals surface area contributed by atoms with Crippen LogP contribution in [0.15, 0.2) is 59.7 Å². The number of nitrogens with zero attached hydrogens (tertiary/aromatic N) is 1. The highest BCUT2D eigenvalue weighted by Crippen LogP contribution is 2.19. The molecular weight excluding hydrogens is 600 g/mol. The van der Waals surface area contributed by atoms with Crippen molar-refractivity contribution in [3.05, 3.63) is 65.9 Å². The molecule has 4 atom stereocenters. The molecule has 0 bridgehead atoms. The lowest BCUT2D eigenvalue weighted by Crippen LogP contribution is -2.58. The zero-order chi connectivity index (χ0) is 33.8. The van der Waals surface area contributed by atoms with Crippen LogP contribution in [0, 0.1) is 0 Å². The average Bonchev–Trinajstić information content (AvgIpc) is 3.40. The predicted octanol–water partition coefficient (Wildman–Crippen LogP) is -0.947. The van der Waals surface area contributed by atoms with Gasteiger partial charge in [-0.3, -0.25) is 24.2 Å². The van der Waals surface area contributed by atoms with E-state index >= 15 is 0 Å². The van der Waals surface area contributed by atoms with Crippen molar-refractivity contribution in [2.24, 2.45) is 22.2 Å². The van der Waals surface area contributed by atoms with Gasteiger partial charge in [0.25, 0.3) is 0 Å². The molecule has 0 aliphatic rings. The van der Waals surface area contributed by atoms with Crippen molar-refractivity contribution in [3.63, 3.8) is 0 Å². The zero-order valence-corrected chi connectivity index (χ0v) is 24.8. The van der Waals surface area contributed by atoms with Crippen molar-refractivity contribution in [2.75, 3.05) is 6.54 Å². The molecule has 4 unspecified atom stereocenters. The molecule has 13 N–H and O–H groups in total. The first-order valence-electron chi connectivity index (χ1n) is 14.3. The molecule has 1 aromatic heterocycles. The Kier molecular flexibility index (Phi) is 12.5. The van der Waals surface area contributed by atoms with Gasteiger partial charge in [-0.1, -0.05) is 30.3 Å². The number of amides is 3. The minimum atomic E-state index is -1.69. The first-order valence-corrected chi connectivity index (χ1v) is 14.3. The van der Waals surface area contributed by atoms with Crippen molar-refractivity contribution < 1.29 is 39.3 Å². The van der Waals surface area contributed by atoms with Gasteiger partial charge in [-0.15, -0.1) is 0 Å². The maximum atomic E-state index is 13.5. The molecule has 1 heterocycles. The summed E-state index contributed by atoms with van der Waals surface area (Å²) in [6.45, 7) is 0.0956. The normalized spacial score (nSPS) is 13.5. The second-order valence-corrected chi connectivity index (χ2v) is 10.6. The first-order chi connectivity index (χ1) is 21.8. The average molecular weight is 639 g/mol. The largest absolute Gasteiger partial charge is 0.508 e. The van der Waals surface area contributed by atoms with Gasteiger partial charge < -0.3 is 53.5 Å². The van der Waals surface area contributed by atoms with E-state index in [1.165, 1.54) is 24.3 Å². The zero-order valence-electron chi connectivity index (χ0n) is 24.8. The molecular formula is C30H38N8O8. The Bertz CT molecular complexity index is 1570. The van der Waals surface area contributed by atoms with Crippen molar-refractivity contribution in [1.82, 2.24) is 20.9 Å². The summed E-state index contributed by atoms with van der Waals surface area (Å²) in [5.74, 6) is -5.71. The Morgan fingerprint density at radius 3 is 2.11 bits per heavy atom. The number of hydrogen-bond donors (Lipinski definition) is 10. The number of carboxylic acids is 2. The van der Waals surface area contributed by atoms with E-state index in [1.54, 1.807) is 6.20 Å². The van der Waals surface area contributed by atoms with Crippen LogP contribution in [0.5, 0.6) is 5.75 Å². The van der Waals surface area contributed by atoms with Gasteiger partial charge in [0, 0.05) is 30.1 Å². The van der Waals surface area contributed by atoms with E-state index in [2.05, 4.69) is 25.9 Å². The number of aliphatic imine (C=N–C) groups is 1. The summed E-state index contributed by atoms with van der Waals surface area (Å²) in [5.41, 5.74) is 18.9. The van der Waals surface area contributed by atoms with Crippen LogP contribution in [0.1, 0.15) is 30.4 Å². The molecule has 2 aromatic carbocycles. The van der Waals surface area contributed by atoms with Crippen LogP contribution in [0.3, 0.4) is 0 Å². The third kappa shape index (κ3) is 10.5. The number of H-pyrrole nitrogens is 1. The number of carboxylic acid groups (broad SMARTS) is 2. The van der Waals surface area contributed by atoms with E-state index in [-0.39, 0.29) is 43.9 Å². The van der Waals surface area contributed by atoms with E-state index in [9.17, 15) is 39.3 Å². The van der Waals surface area contributed by atoms with Crippen LogP contribution < -0.4 is 33.2 Å². The summed E-state index contributed by atoms with van der Waals surface area (Å²) in [4.78, 5) is 70.0. The number of guanidine groups is 1. The molecule has 3 aromatic rings. The number of para-hydroxylation sites is 1. The fourth-order valence-electron chi connectivity index (χ4n) is 4.68. The monoisotopic (exact) mass is 638 g/mol. The number of phenolic OH excluding ortho intramolecular Hbond substituents is 1. The lowest BCUT2D eigenvalue weighted by molar-refractivity contribution is -0.143. The van der Waals surface area contributed by atoms with Crippen molar-refractivity contribution in [1.29, 1.82) is 0 Å². The van der Waals surface area contributed by atoms with Crippen LogP contribution in [-0.2, 0) is 36.8 Å². The summed E-state index contributed by atoms with van der Waals surface area (Å²) in [7, 11) is 0. The minimum absolute atomic E-state index is 0.0287. The highest BCUT2D eigenvalue weighted by atomic mass is 16.4. The number of aromatic amines is 1. The van der Waals surface area contributed by atoms with E-state index in [1.807, 2.05) is 24.3 Å². The van der Waals surface area contributed by atoms with E-state index < -0.39 is 60.2 Å². The number of nitrogens with two attached hydrogens (primary N) is 3. The molecule has 246 valence electrons. The fourth-order valence-corrected chi connectivity index (χ4v) is 4.68. The first kappa shape index (κ1) is 34.8. The minimum Gasteiger partial charge on any atom is -0.508 e. The number of nitrogens with one attached hydrogen (secondary N) is 4. The van der Waals surface area contributed by atoms with Gasteiger partial charge in [-0.05, 0) is 48.6 Å². The Hall–Kier alpha value is -5.64. The van der Waals surface area contributed by atoms with Crippen LogP contribution in [0.4, 0.5) is 0 Å². The van der Waals surface area contributed by atoms with Gasteiger partial charge in [0.2, 0.25) is 17.7 Å². The van der Waals surface area contributed by atoms with E-state index in [0.717, 1.165) is 16.5 Å². The number of carbonyl (C=O) groups is 5. The maximum absolute atomic E-state index is 13.5. The number of phenols is 1. The molecule has 16 heteroatoms. The number of carbonyl (C=O) groups excluding carboxylic acids is 3. The Balaban J connectivity index is 1.76. The molecule has 0 saturated carbocycles. The topological polar surface area (TPSA) is 288 Å². The second kappa shape index (κ2) is 16.4. The van der Waals surface area contributed by atoms with Gasteiger partial charge in [0.15, 0.2) is 5.96 Å². The van der Waals surface area contributed by atoms with Crippen LogP contribution in [-0.4, -0.2) is 86.6 Å². The lowest BCUT2D eigenvalue weighted by Gasteiger charge is -2.25. The SMILES string of the molecule is NC(N)=NCCCC(NC(=O)C(CC(=O)O)NC(=O)C(Cc1ccc(O)cc1)NC(=O)C(N)Cc1c[nH]c2ccccc12)C(=O)O. The van der Waals surface area contributed by atoms with Gasteiger partial charge in [0.1, 0.15) is 23.9 Å². The van der Waals surface area contributed by atoms with Crippen molar-refractivity contribution in [2.45, 2.75) is 56.3 Å². The summed E-state index contributed by atoms with van der Waals surface area (Å²) >= 11 is 0. The summed E-state index contributed by atoms with van der Waals surface area (Å²) in [6, 6.07) is 7.74. The molecule has 3 rings (SSSR count). The number of aromatic hydroxyl groups is 1. The van der Waals surface area contributed by atoms with Gasteiger partial charge in [0.05, 0.1) is 12.5 Å². The van der Waals surface area contributed by atoms with E-state index in [4.69, 9.17) is 17.2 Å². The summed E-state index contributed by atoms with van der Waals surface area (Å²) in [5, 5.41) is 36.7. The second-order valence-electron chi connectivity index (χ2n) is 10.6. The number of aliphatic carboxylic acids is 2. The Labute approximate surface area is 263 Å². The number of aromatic nitrogens is 1. The van der Waals surface area contributed by atoms with Crippen molar-refractivity contribution in [3.8, 4) is 5.75 Å². The maximum Gasteiger partial charge on any atom is 0.326 e. The van der Waals surface area contributed by atoms with Gasteiger partial charge in [-0.2, -0.15) is 0 Å². The van der Waals surface area contributed by atoms with Crippen molar-refractivity contribution >= 4 is 46.5 Å². The summed E-state index contributed by atoms with van der Waals surface area (Å²) in [6.07, 6.45) is 0.982. The Morgan fingerprint density at radius 1 is 0.826 bits per heavy atom. The number of fused-ring (bicyclic) bond motifs is 1. The molecule has 0 radical (unpaired) electrons. The molecule has 16 nitrogen and oxygen atoms in total. The lowest BCUT2D eigenvalue weighted by atomic mass is 10.0. The fraction of sp³-hybridized carbons (Fsp3) is 0.333. The standard InChI is InChI=1S/C30H38N8O8/c31-20(13-17-15-35-21-5-2-1-4-19(17)21)26(42)37-23(12-16-7-9-18(39)10-8-16)27(43)38-24(14-25(40)41)28(44)36-22(29(45)46)6-3-11-34-30(32)33/h1-2,4-5,7-10,15,20,22-24,35,39H,3,6,11-14,31H2,(H,36,44)(H,37,42)(H,38,43)(H,40,41)(H,45,46)(H4,32,33,34). The number of rotatable bonds is 17. The van der Waals surface area contributed by atoms with Crippen LogP contribution >= 0.6 is 0 Å². The Morgan fingerprint density at radius 2 is 1.46 bits per heavy atom.